The molecule has 0 unspecified atom stereocenters. The molecule has 0 radical (unpaired) electrons. The molecular weight excluding hydrogens is 249 g/mol. The lowest BCUT2D eigenvalue weighted by molar-refractivity contribution is 1.33. The molecule has 3 heteroatoms. The minimum absolute atomic E-state index is 0.575. The molecular formula is C10H7BrClN. The molecule has 0 fully saturated rings. The second kappa shape index (κ2) is 3.28. The number of aryl methyl sites for hydroxylation is 1. The molecule has 0 atom stereocenters. The van der Waals surface area contributed by atoms with Gasteiger partial charge in [-0.2, -0.15) is 0 Å². The first-order valence-electron chi connectivity index (χ1n) is 3.90. The fourth-order valence-corrected chi connectivity index (χ4v) is 1.85. The molecule has 0 spiro atoms. The summed E-state index contributed by atoms with van der Waals surface area (Å²) in [6.07, 6.45) is 0. The van der Waals surface area contributed by atoms with Crippen LogP contribution in [0.3, 0.4) is 0 Å². The predicted octanol–water partition coefficient (Wildman–Crippen LogP) is 3.96. The molecule has 0 bridgehead atoms. The van der Waals surface area contributed by atoms with Gasteiger partial charge in [-0.25, -0.2) is 4.98 Å². The van der Waals surface area contributed by atoms with Crippen molar-refractivity contribution in [3.8, 4) is 0 Å². The first kappa shape index (κ1) is 8.97. The third-order valence-electron chi connectivity index (χ3n) is 1.93. The smallest absolute Gasteiger partial charge is 0.132 e. The standard InChI is InChI=1S/C10H7BrClN/c1-6-5-7-8(11)3-2-4-9(7)13-10(6)12/h2-5H,1H3. The van der Waals surface area contributed by atoms with Crippen LogP contribution in [0.25, 0.3) is 10.9 Å². The molecule has 1 aromatic carbocycles. The molecule has 0 aliphatic rings. The molecule has 0 aliphatic heterocycles. The molecule has 13 heavy (non-hydrogen) atoms. The monoisotopic (exact) mass is 255 g/mol. The van der Waals surface area contributed by atoms with Crippen molar-refractivity contribution in [2.75, 3.05) is 0 Å². The van der Waals surface area contributed by atoms with Crippen LogP contribution in [-0.2, 0) is 0 Å². The van der Waals surface area contributed by atoms with Crippen LogP contribution in [0.15, 0.2) is 28.7 Å². The topological polar surface area (TPSA) is 12.9 Å². The lowest BCUT2D eigenvalue weighted by Crippen LogP contribution is -1.84. The summed E-state index contributed by atoms with van der Waals surface area (Å²) in [6, 6.07) is 7.93. The van der Waals surface area contributed by atoms with E-state index in [4.69, 9.17) is 11.6 Å². The summed E-state index contributed by atoms with van der Waals surface area (Å²) in [4.78, 5) is 4.27. The first-order chi connectivity index (χ1) is 6.18. The Morgan fingerprint density at radius 3 is 2.92 bits per heavy atom. The van der Waals surface area contributed by atoms with Gasteiger partial charge < -0.3 is 0 Å². The van der Waals surface area contributed by atoms with Crippen molar-refractivity contribution in [3.05, 3.63) is 39.5 Å². The molecule has 0 saturated heterocycles. The number of hydrogen-bond donors (Lipinski definition) is 0. The Labute approximate surface area is 89.9 Å². The number of rotatable bonds is 0. The average Bonchev–Trinajstić information content (AvgIpc) is 2.09. The number of aromatic nitrogens is 1. The molecule has 66 valence electrons. The number of pyridine rings is 1. The van der Waals surface area contributed by atoms with Gasteiger partial charge in [0.1, 0.15) is 5.15 Å². The molecule has 0 N–H and O–H groups in total. The van der Waals surface area contributed by atoms with E-state index in [0.29, 0.717) is 5.15 Å². The highest BCUT2D eigenvalue weighted by molar-refractivity contribution is 9.10. The molecule has 0 amide bonds. The number of benzene rings is 1. The van der Waals surface area contributed by atoms with E-state index in [1.165, 1.54) is 0 Å². The fraction of sp³-hybridized carbons (Fsp3) is 0.100. The number of fused-ring (bicyclic) bond motifs is 1. The Kier molecular flexibility index (Phi) is 2.26. The van der Waals surface area contributed by atoms with Crippen molar-refractivity contribution in [1.82, 2.24) is 4.98 Å². The molecule has 0 aliphatic carbocycles. The summed E-state index contributed by atoms with van der Waals surface area (Å²) < 4.78 is 1.05. The number of nitrogens with zero attached hydrogens (tertiary/aromatic N) is 1. The molecule has 1 nitrogen and oxygen atoms in total. The maximum absolute atomic E-state index is 5.91. The average molecular weight is 257 g/mol. The van der Waals surface area contributed by atoms with Crippen molar-refractivity contribution in [2.24, 2.45) is 0 Å². The van der Waals surface area contributed by atoms with Crippen LogP contribution >= 0.6 is 27.5 Å². The van der Waals surface area contributed by atoms with E-state index in [2.05, 4.69) is 20.9 Å². The van der Waals surface area contributed by atoms with Gasteiger partial charge in [-0.1, -0.05) is 33.6 Å². The predicted molar refractivity (Wildman–Crippen MR) is 59.2 cm³/mol. The zero-order valence-corrected chi connectivity index (χ0v) is 9.35. The quantitative estimate of drug-likeness (QED) is 0.650. The Morgan fingerprint density at radius 2 is 2.15 bits per heavy atom. The van der Waals surface area contributed by atoms with Crippen LogP contribution in [-0.4, -0.2) is 4.98 Å². The van der Waals surface area contributed by atoms with E-state index in [9.17, 15) is 0 Å². The second-order valence-corrected chi connectivity index (χ2v) is 4.11. The summed E-state index contributed by atoms with van der Waals surface area (Å²) in [6.45, 7) is 1.95. The lowest BCUT2D eigenvalue weighted by atomic mass is 10.2. The van der Waals surface area contributed by atoms with E-state index in [1.54, 1.807) is 0 Å². The van der Waals surface area contributed by atoms with Crippen LogP contribution < -0.4 is 0 Å². The first-order valence-corrected chi connectivity index (χ1v) is 5.07. The Morgan fingerprint density at radius 1 is 1.38 bits per heavy atom. The van der Waals surface area contributed by atoms with Gasteiger partial charge in [0.25, 0.3) is 0 Å². The molecule has 2 aromatic rings. The number of halogens is 2. The van der Waals surface area contributed by atoms with E-state index in [0.717, 1.165) is 20.9 Å². The van der Waals surface area contributed by atoms with Crippen molar-refractivity contribution < 1.29 is 0 Å². The van der Waals surface area contributed by atoms with Crippen LogP contribution in [0.5, 0.6) is 0 Å². The van der Waals surface area contributed by atoms with Gasteiger partial charge >= 0.3 is 0 Å². The second-order valence-electron chi connectivity index (χ2n) is 2.90. The molecule has 2 rings (SSSR count). The summed E-state index contributed by atoms with van der Waals surface area (Å²) >= 11 is 9.39. The zero-order valence-electron chi connectivity index (χ0n) is 7.01. The van der Waals surface area contributed by atoms with Gasteiger partial charge in [-0.15, -0.1) is 0 Å². The van der Waals surface area contributed by atoms with Gasteiger partial charge in [0.2, 0.25) is 0 Å². The third-order valence-corrected chi connectivity index (χ3v) is 3.01. The Bertz CT molecular complexity index is 468. The van der Waals surface area contributed by atoms with Gasteiger partial charge in [-0.3, -0.25) is 0 Å². The van der Waals surface area contributed by atoms with E-state index < -0.39 is 0 Å². The van der Waals surface area contributed by atoms with E-state index in [-0.39, 0.29) is 0 Å². The van der Waals surface area contributed by atoms with Crippen LogP contribution in [0.2, 0.25) is 5.15 Å². The molecule has 1 heterocycles. The summed E-state index contributed by atoms with van der Waals surface area (Å²) in [5, 5.41) is 1.68. The zero-order chi connectivity index (χ0) is 9.42. The lowest BCUT2D eigenvalue weighted by Gasteiger charge is -2.02. The highest BCUT2D eigenvalue weighted by atomic mass is 79.9. The van der Waals surface area contributed by atoms with Crippen molar-refractivity contribution in [1.29, 1.82) is 0 Å². The largest absolute Gasteiger partial charge is 0.236 e. The van der Waals surface area contributed by atoms with Gasteiger partial charge in [0.15, 0.2) is 0 Å². The summed E-state index contributed by atoms with van der Waals surface area (Å²) in [7, 11) is 0. The van der Waals surface area contributed by atoms with E-state index >= 15 is 0 Å². The highest BCUT2D eigenvalue weighted by Gasteiger charge is 2.02. The minimum atomic E-state index is 0.575. The minimum Gasteiger partial charge on any atom is -0.236 e. The summed E-state index contributed by atoms with van der Waals surface area (Å²) in [5.41, 5.74) is 1.92. The molecule has 1 aromatic heterocycles. The van der Waals surface area contributed by atoms with E-state index in [1.807, 2.05) is 31.2 Å². The van der Waals surface area contributed by atoms with Crippen LogP contribution in [0.4, 0.5) is 0 Å². The van der Waals surface area contributed by atoms with Crippen LogP contribution in [0.1, 0.15) is 5.56 Å². The Balaban J connectivity index is 2.89. The maximum Gasteiger partial charge on any atom is 0.132 e. The maximum atomic E-state index is 5.91. The van der Waals surface area contributed by atoms with Gasteiger partial charge in [0, 0.05) is 9.86 Å². The van der Waals surface area contributed by atoms with Gasteiger partial charge in [0.05, 0.1) is 5.52 Å². The highest BCUT2D eigenvalue weighted by Crippen LogP contribution is 2.25. The van der Waals surface area contributed by atoms with Gasteiger partial charge in [-0.05, 0) is 30.7 Å². The third kappa shape index (κ3) is 1.56. The normalized spacial score (nSPS) is 10.7. The Hall–Kier alpha value is -0.600. The van der Waals surface area contributed by atoms with Crippen molar-refractivity contribution >= 4 is 38.4 Å². The SMILES string of the molecule is Cc1cc2c(Br)cccc2nc1Cl. The summed E-state index contributed by atoms with van der Waals surface area (Å²) in [5.74, 6) is 0. The molecule has 0 saturated carbocycles. The van der Waals surface area contributed by atoms with Crippen molar-refractivity contribution in [2.45, 2.75) is 6.92 Å². The fourth-order valence-electron chi connectivity index (χ4n) is 1.24. The number of hydrogen-bond acceptors (Lipinski definition) is 1. The van der Waals surface area contributed by atoms with Crippen LogP contribution in [0, 0.1) is 6.92 Å². The van der Waals surface area contributed by atoms with Crippen molar-refractivity contribution in [3.63, 3.8) is 0 Å².